The third kappa shape index (κ3) is 4.19. The van der Waals surface area contributed by atoms with Crippen molar-refractivity contribution in [2.24, 2.45) is 5.92 Å². The first-order valence-electron chi connectivity index (χ1n) is 11.6. The Kier molecular flexibility index (Phi) is 6.08. The topological polar surface area (TPSA) is 90.0 Å². The maximum atomic E-state index is 13.1. The van der Waals surface area contributed by atoms with Crippen molar-refractivity contribution in [2.45, 2.75) is 42.8 Å². The number of hydrogen-bond donors (Lipinski definition) is 1. The molecule has 3 aliphatic heterocycles. The largest absolute Gasteiger partial charge is 0.335 e. The van der Waals surface area contributed by atoms with E-state index in [1.807, 2.05) is 4.90 Å². The van der Waals surface area contributed by atoms with E-state index in [2.05, 4.69) is 23.6 Å². The summed E-state index contributed by atoms with van der Waals surface area (Å²) in [6, 6.07) is 9.68. The van der Waals surface area contributed by atoms with Crippen LogP contribution < -0.4 is 4.72 Å². The van der Waals surface area contributed by atoms with Crippen molar-refractivity contribution in [3.63, 3.8) is 0 Å². The summed E-state index contributed by atoms with van der Waals surface area (Å²) in [4.78, 5) is 31.9. The number of nitrogens with one attached hydrogen (secondary N) is 1. The van der Waals surface area contributed by atoms with Crippen LogP contribution in [0.15, 0.2) is 41.3 Å². The number of sulfonamides is 1. The number of nitrogens with zero attached hydrogens (tertiary/aromatic N) is 3. The van der Waals surface area contributed by atoms with Crippen LogP contribution in [-0.4, -0.2) is 86.3 Å². The molecule has 2 bridgehead atoms. The molecule has 0 radical (unpaired) electrons. The van der Waals surface area contributed by atoms with E-state index in [1.165, 1.54) is 11.0 Å². The second-order valence-electron chi connectivity index (χ2n) is 9.71. The van der Waals surface area contributed by atoms with Gasteiger partial charge in [-0.15, -0.1) is 0 Å². The Bertz CT molecular complexity index is 1250. The molecule has 3 aliphatic rings. The summed E-state index contributed by atoms with van der Waals surface area (Å²) in [7, 11) is -1.83. The summed E-state index contributed by atoms with van der Waals surface area (Å²) in [5.41, 5.74) is 0. The van der Waals surface area contributed by atoms with Gasteiger partial charge in [0.2, 0.25) is 21.8 Å². The van der Waals surface area contributed by atoms with Gasteiger partial charge in [-0.05, 0) is 60.8 Å². The highest BCUT2D eigenvalue weighted by Gasteiger charge is 2.49. The number of piperazine rings is 1. The molecule has 4 atom stereocenters. The van der Waals surface area contributed by atoms with Gasteiger partial charge in [-0.2, -0.15) is 4.72 Å². The summed E-state index contributed by atoms with van der Waals surface area (Å²) >= 11 is 6.01. The summed E-state index contributed by atoms with van der Waals surface area (Å²) in [5, 5.41) is 2.15. The van der Waals surface area contributed by atoms with E-state index >= 15 is 0 Å². The fourth-order valence-electron chi connectivity index (χ4n) is 5.64. The van der Waals surface area contributed by atoms with E-state index in [9.17, 15) is 18.0 Å². The van der Waals surface area contributed by atoms with Gasteiger partial charge in [0.05, 0.1) is 11.4 Å². The van der Waals surface area contributed by atoms with E-state index in [4.69, 9.17) is 11.6 Å². The zero-order valence-electron chi connectivity index (χ0n) is 19.3. The first-order chi connectivity index (χ1) is 16.1. The Balaban J connectivity index is 1.26. The second-order valence-corrected chi connectivity index (χ2v) is 11.9. The summed E-state index contributed by atoms with van der Waals surface area (Å²) in [6.45, 7) is 4.16. The number of piperidine rings is 1. The highest BCUT2D eigenvalue weighted by molar-refractivity contribution is 7.89. The Morgan fingerprint density at radius 3 is 2.56 bits per heavy atom. The zero-order valence-corrected chi connectivity index (χ0v) is 20.8. The molecule has 0 aliphatic carbocycles. The maximum absolute atomic E-state index is 13.1. The third-order valence-electron chi connectivity index (χ3n) is 7.60. The predicted octanol–water partition coefficient (Wildman–Crippen LogP) is 1.92. The Morgan fingerprint density at radius 1 is 1.12 bits per heavy atom. The molecule has 0 spiro atoms. The molecule has 0 aromatic heterocycles. The van der Waals surface area contributed by atoms with Gasteiger partial charge in [-0.3, -0.25) is 14.5 Å². The number of rotatable bonds is 5. The molecule has 10 heteroatoms. The lowest BCUT2D eigenvalue weighted by Crippen LogP contribution is -2.56. The van der Waals surface area contributed by atoms with Crippen LogP contribution in [0.3, 0.4) is 0 Å². The zero-order chi connectivity index (χ0) is 24.2. The van der Waals surface area contributed by atoms with Gasteiger partial charge in [0.25, 0.3) is 0 Å². The molecule has 3 saturated heterocycles. The number of hydrogen-bond acceptors (Lipinski definition) is 5. The van der Waals surface area contributed by atoms with Crippen LogP contribution in [0.5, 0.6) is 0 Å². The lowest BCUT2D eigenvalue weighted by Gasteiger charge is -2.36. The number of carbonyl (C=O) groups is 2. The molecule has 3 fully saturated rings. The highest BCUT2D eigenvalue weighted by atomic mass is 35.5. The summed E-state index contributed by atoms with van der Waals surface area (Å²) in [5.74, 6) is 0.0197. The number of fused-ring (bicyclic) bond motifs is 3. The van der Waals surface area contributed by atoms with Crippen LogP contribution in [0.2, 0.25) is 5.02 Å². The molecule has 0 unspecified atom stereocenters. The third-order valence-corrected chi connectivity index (χ3v) is 9.30. The van der Waals surface area contributed by atoms with Crippen LogP contribution in [0.1, 0.15) is 19.8 Å². The lowest BCUT2D eigenvalue weighted by molar-refractivity contribution is -0.144. The molecular weight excluding hydrogens is 476 g/mol. The smallest absolute Gasteiger partial charge is 0.242 e. The molecule has 2 amide bonds. The SMILES string of the molecule is C[C@H]1[C@@H]2CN(C(=O)CN3CCC[C@H](NS(=O)(=O)c4ccc5cc(Cl)ccc5c4)C3=O)[C@H]1CN2C. The molecule has 8 nitrogen and oxygen atoms in total. The number of carbonyl (C=O) groups excluding carboxylic acids is 2. The quantitative estimate of drug-likeness (QED) is 0.672. The highest BCUT2D eigenvalue weighted by Crippen LogP contribution is 2.35. The average molecular weight is 505 g/mol. The van der Waals surface area contributed by atoms with Crippen molar-refractivity contribution >= 4 is 44.2 Å². The van der Waals surface area contributed by atoms with E-state index in [1.54, 1.807) is 30.3 Å². The van der Waals surface area contributed by atoms with E-state index in [-0.39, 0.29) is 29.3 Å². The van der Waals surface area contributed by atoms with E-state index in [0.717, 1.165) is 17.3 Å². The van der Waals surface area contributed by atoms with E-state index < -0.39 is 16.1 Å². The number of likely N-dealkylation sites (tertiary alicyclic amines) is 3. The Morgan fingerprint density at radius 2 is 1.85 bits per heavy atom. The van der Waals surface area contributed by atoms with Crippen LogP contribution in [-0.2, 0) is 19.6 Å². The van der Waals surface area contributed by atoms with Crippen LogP contribution in [0.4, 0.5) is 0 Å². The van der Waals surface area contributed by atoms with Crippen molar-refractivity contribution in [1.82, 2.24) is 19.4 Å². The van der Waals surface area contributed by atoms with Crippen LogP contribution in [0, 0.1) is 5.92 Å². The molecule has 2 aromatic carbocycles. The van der Waals surface area contributed by atoms with Crippen molar-refractivity contribution in [3.05, 3.63) is 41.4 Å². The van der Waals surface area contributed by atoms with Crippen molar-refractivity contribution in [2.75, 3.05) is 33.2 Å². The Labute approximate surface area is 204 Å². The maximum Gasteiger partial charge on any atom is 0.242 e. The molecule has 2 aromatic rings. The normalized spacial score (nSPS) is 27.7. The minimum atomic E-state index is -3.91. The number of halogens is 1. The first kappa shape index (κ1) is 23.5. The minimum Gasteiger partial charge on any atom is -0.335 e. The summed E-state index contributed by atoms with van der Waals surface area (Å²) < 4.78 is 28.7. The van der Waals surface area contributed by atoms with Gasteiger partial charge in [0.15, 0.2) is 0 Å². The molecule has 3 heterocycles. The fourth-order valence-corrected chi connectivity index (χ4v) is 7.08. The van der Waals surface area contributed by atoms with E-state index in [0.29, 0.717) is 42.9 Å². The lowest BCUT2D eigenvalue weighted by atomic mass is 10.0. The number of amides is 2. The van der Waals surface area contributed by atoms with Gasteiger partial charge < -0.3 is 9.80 Å². The predicted molar refractivity (Wildman–Crippen MR) is 130 cm³/mol. The first-order valence-corrected chi connectivity index (χ1v) is 13.5. The average Bonchev–Trinajstić information content (AvgIpc) is 3.26. The minimum absolute atomic E-state index is 0.00650. The van der Waals surface area contributed by atoms with Gasteiger partial charge in [-0.25, -0.2) is 8.42 Å². The molecule has 182 valence electrons. The molecule has 34 heavy (non-hydrogen) atoms. The van der Waals surface area contributed by atoms with Crippen LogP contribution >= 0.6 is 11.6 Å². The van der Waals surface area contributed by atoms with Gasteiger partial charge in [-0.1, -0.05) is 30.7 Å². The second kappa shape index (κ2) is 8.78. The van der Waals surface area contributed by atoms with Crippen LogP contribution in [0.25, 0.3) is 10.8 Å². The monoisotopic (exact) mass is 504 g/mol. The van der Waals surface area contributed by atoms with Crippen molar-refractivity contribution in [3.8, 4) is 0 Å². The molecule has 1 N–H and O–H groups in total. The Hall–Kier alpha value is -2.20. The van der Waals surface area contributed by atoms with Crippen molar-refractivity contribution in [1.29, 1.82) is 0 Å². The fraction of sp³-hybridized carbons (Fsp3) is 0.500. The molecule has 5 rings (SSSR count). The van der Waals surface area contributed by atoms with Crippen molar-refractivity contribution < 1.29 is 18.0 Å². The standard InChI is InChI=1S/C24H29ClN4O4S/c1-15-21-13-29(22(15)12-27(21)2)23(30)14-28-9-3-4-20(24(28)31)26-34(32,33)19-8-6-16-10-18(25)7-5-17(16)11-19/h5-8,10-11,15,20-22,26H,3-4,9,12-14H2,1-2H3/t15-,20-,21-,22-/m0/s1. The van der Waals surface area contributed by atoms with Gasteiger partial charge >= 0.3 is 0 Å². The number of benzene rings is 2. The summed E-state index contributed by atoms with van der Waals surface area (Å²) in [6.07, 6.45) is 1.04. The molecular formula is C24H29ClN4O4S. The molecule has 0 saturated carbocycles. The van der Waals surface area contributed by atoms with Gasteiger partial charge in [0.1, 0.15) is 6.04 Å². The number of likely N-dealkylation sites (N-methyl/N-ethyl adjacent to an activating group) is 1. The van der Waals surface area contributed by atoms with Gasteiger partial charge in [0, 0.05) is 36.7 Å².